The summed E-state index contributed by atoms with van der Waals surface area (Å²) in [6.45, 7) is 0. The lowest BCUT2D eigenvalue weighted by molar-refractivity contribution is 1.13. The first-order valence-electron chi connectivity index (χ1n) is 12.4. The summed E-state index contributed by atoms with van der Waals surface area (Å²) in [5.74, 6) is 0. The first kappa shape index (κ1) is 19.5. The van der Waals surface area contributed by atoms with Crippen LogP contribution in [0.3, 0.4) is 0 Å². The van der Waals surface area contributed by atoms with Gasteiger partial charge in [0.25, 0.3) is 0 Å². The minimum absolute atomic E-state index is 1.18. The number of para-hydroxylation sites is 2. The number of benzene rings is 6. The Morgan fingerprint density at radius 1 is 0.389 bits per heavy atom. The van der Waals surface area contributed by atoms with Crippen molar-refractivity contribution in [3.05, 3.63) is 134 Å². The highest BCUT2D eigenvalue weighted by molar-refractivity contribution is 6.17. The van der Waals surface area contributed by atoms with E-state index < -0.39 is 0 Å². The van der Waals surface area contributed by atoms with Gasteiger partial charge in [-0.2, -0.15) is 0 Å². The van der Waals surface area contributed by atoms with Gasteiger partial charge in [-0.05, 0) is 53.2 Å². The van der Waals surface area contributed by atoms with Crippen LogP contribution in [-0.4, -0.2) is 9.13 Å². The van der Waals surface area contributed by atoms with Crippen molar-refractivity contribution >= 4 is 54.3 Å². The standard InChI is InChI=1S/C34H22N2/c1-2-12-26(13-3-1)35-19-18-25-21-33-30(22-32(25)35)29-16-8-9-17-31(29)36(33)34-27-14-6-4-10-23(27)20-24-11-5-7-15-28(24)34/h1-22H. The number of fused-ring (bicyclic) bond motifs is 6. The smallest absolute Gasteiger partial charge is 0.0618 e. The fourth-order valence-corrected chi connectivity index (χ4v) is 5.88. The number of hydrogen-bond donors (Lipinski definition) is 0. The molecule has 0 saturated carbocycles. The van der Waals surface area contributed by atoms with Gasteiger partial charge < -0.3 is 9.13 Å². The molecule has 168 valence electrons. The van der Waals surface area contributed by atoms with Crippen molar-refractivity contribution in [2.75, 3.05) is 0 Å². The zero-order chi connectivity index (χ0) is 23.6. The molecule has 0 unspecified atom stereocenters. The Bertz CT molecular complexity index is 2040. The number of hydrogen-bond acceptors (Lipinski definition) is 0. The van der Waals surface area contributed by atoms with Crippen molar-refractivity contribution in [3.8, 4) is 11.4 Å². The van der Waals surface area contributed by atoms with Gasteiger partial charge in [0.15, 0.2) is 0 Å². The van der Waals surface area contributed by atoms with Gasteiger partial charge in [0.1, 0.15) is 0 Å². The summed E-state index contributed by atoms with van der Waals surface area (Å²) in [5.41, 5.74) is 6.11. The first-order chi connectivity index (χ1) is 17.9. The maximum Gasteiger partial charge on any atom is 0.0618 e. The molecular weight excluding hydrogens is 436 g/mol. The van der Waals surface area contributed by atoms with Crippen molar-refractivity contribution < 1.29 is 0 Å². The van der Waals surface area contributed by atoms with E-state index in [0.29, 0.717) is 0 Å². The van der Waals surface area contributed by atoms with E-state index in [1.165, 1.54) is 65.6 Å². The first-order valence-corrected chi connectivity index (χ1v) is 12.4. The normalized spacial score (nSPS) is 11.9. The van der Waals surface area contributed by atoms with Gasteiger partial charge in [0.2, 0.25) is 0 Å². The van der Waals surface area contributed by atoms with Crippen molar-refractivity contribution in [3.63, 3.8) is 0 Å². The molecule has 0 amide bonds. The predicted octanol–water partition coefficient (Wildman–Crippen LogP) is 9.03. The molecule has 0 aliphatic rings. The van der Waals surface area contributed by atoms with Crippen LogP contribution in [0.5, 0.6) is 0 Å². The Kier molecular flexibility index (Phi) is 3.97. The van der Waals surface area contributed by atoms with Crippen LogP contribution in [0, 0.1) is 0 Å². The summed E-state index contributed by atoms with van der Waals surface area (Å²) in [5, 5.41) is 8.82. The highest BCUT2D eigenvalue weighted by Crippen LogP contribution is 2.40. The molecule has 0 spiro atoms. The molecular formula is C34H22N2. The fraction of sp³-hybridized carbons (Fsp3) is 0. The molecule has 0 bridgehead atoms. The maximum atomic E-state index is 2.48. The molecule has 8 rings (SSSR count). The largest absolute Gasteiger partial charge is 0.317 e. The second-order valence-electron chi connectivity index (χ2n) is 9.47. The van der Waals surface area contributed by atoms with Crippen molar-refractivity contribution in [2.45, 2.75) is 0 Å². The monoisotopic (exact) mass is 458 g/mol. The van der Waals surface area contributed by atoms with Gasteiger partial charge in [0.05, 0.1) is 22.2 Å². The SMILES string of the molecule is c1ccc(-n2ccc3cc4c(cc32)c2ccccc2n4-c2c3ccccc3cc3ccccc23)cc1. The Morgan fingerprint density at radius 2 is 1.03 bits per heavy atom. The Hall–Kier alpha value is -4.82. The number of rotatable bonds is 2. The van der Waals surface area contributed by atoms with E-state index in [0.717, 1.165) is 0 Å². The van der Waals surface area contributed by atoms with E-state index in [1.807, 2.05) is 0 Å². The van der Waals surface area contributed by atoms with Crippen molar-refractivity contribution in [2.24, 2.45) is 0 Å². The quantitative estimate of drug-likeness (QED) is 0.229. The van der Waals surface area contributed by atoms with Crippen LogP contribution < -0.4 is 0 Å². The molecule has 0 saturated heterocycles. The van der Waals surface area contributed by atoms with Crippen LogP contribution in [0.15, 0.2) is 134 Å². The van der Waals surface area contributed by atoms with Crippen LogP contribution in [-0.2, 0) is 0 Å². The minimum Gasteiger partial charge on any atom is -0.317 e. The molecule has 0 atom stereocenters. The van der Waals surface area contributed by atoms with Crippen LogP contribution in [0.25, 0.3) is 65.6 Å². The van der Waals surface area contributed by atoms with Gasteiger partial charge >= 0.3 is 0 Å². The summed E-state index contributed by atoms with van der Waals surface area (Å²) < 4.78 is 4.77. The van der Waals surface area contributed by atoms with Crippen molar-refractivity contribution in [1.29, 1.82) is 0 Å². The highest BCUT2D eigenvalue weighted by atomic mass is 15.0. The molecule has 2 aromatic heterocycles. The lowest BCUT2D eigenvalue weighted by atomic mass is 10.0. The third-order valence-electron chi connectivity index (χ3n) is 7.48. The van der Waals surface area contributed by atoms with Gasteiger partial charge in [-0.25, -0.2) is 0 Å². The summed E-state index contributed by atoms with van der Waals surface area (Å²) in [6, 6.07) is 46.1. The van der Waals surface area contributed by atoms with Crippen LogP contribution >= 0.6 is 0 Å². The lowest BCUT2D eigenvalue weighted by Gasteiger charge is -2.15. The molecule has 8 aromatic rings. The van der Waals surface area contributed by atoms with E-state index in [-0.39, 0.29) is 0 Å². The topological polar surface area (TPSA) is 9.86 Å². The molecule has 0 aliphatic heterocycles. The van der Waals surface area contributed by atoms with E-state index in [2.05, 4.69) is 143 Å². The molecule has 2 heteroatoms. The van der Waals surface area contributed by atoms with Gasteiger partial charge in [-0.3, -0.25) is 0 Å². The molecule has 6 aromatic carbocycles. The van der Waals surface area contributed by atoms with E-state index >= 15 is 0 Å². The van der Waals surface area contributed by atoms with Gasteiger partial charge in [0, 0.05) is 38.8 Å². The zero-order valence-electron chi connectivity index (χ0n) is 19.6. The summed E-state index contributed by atoms with van der Waals surface area (Å²) in [6.07, 6.45) is 2.18. The summed E-state index contributed by atoms with van der Waals surface area (Å²) in [7, 11) is 0. The second kappa shape index (κ2) is 7.34. The van der Waals surface area contributed by atoms with Crippen LogP contribution in [0.4, 0.5) is 0 Å². The fourth-order valence-electron chi connectivity index (χ4n) is 5.88. The van der Waals surface area contributed by atoms with Crippen LogP contribution in [0.1, 0.15) is 0 Å². The predicted molar refractivity (Wildman–Crippen MR) is 153 cm³/mol. The molecule has 2 nitrogen and oxygen atoms in total. The van der Waals surface area contributed by atoms with E-state index in [1.54, 1.807) is 0 Å². The number of aromatic nitrogens is 2. The third-order valence-corrected chi connectivity index (χ3v) is 7.48. The summed E-state index contributed by atoms with van der Waals surface area (Å²) in [4.78, 5) is 0. The second-order valence-corrected chi connectivity index (χ2v) is 9.47. The van der Waals surface area contributed by atoms with Gasteiger partial charge in [-0.1, -0.05) is 84.9 Å². The van der Waals surface area contributed by atoms with Crippen LogP contribution in [0.2, 0.25) is 0 Å². The van der Waals surface area contributed by atoms with E-state index in [4.69, 9.17) is 0 Å². The minimum atomic E-state index is 1.18. The molecule has 36 heavy (non-hydrogen) atoms. The molecule has 0 fully saturated rings. The molecule has 0 N–H and O–H groups in total. The average molecular weight is 459 g/mol. The van der Waals surface area contributed by atoms with E-state index in [9.17, 15) is 0 Å². The maximum absolute atomic E-state index is 2.48. The Balaban J connectivity index is 1.56. The Morgan fingerprint density at radius 3 is 1.78 bits per heavy atom. The number of nitrogens with zero attached hydrogens (tertiary/aromatic N) is 2. The Labute approximate surface area is 208 Å². The molecule has 0 radical (unpaired) electrons. The highest BCUT2D eigenvalue weighted by Gasteiger charge is 2.18. The average Bonchev–Trinajstić information content (AvgIpc) is 3.49. The van der Waals surface area contributed by atoms with Gasteiger partial charge in [-0.15, -0.1) is 0 Å². The molecule has 0 aliphatic carbocycles. The lowest BCUT2D eigenvalue weighted by Crippen LogP contribution is -1.97. The summed E-state index contributed by atoms with van der Waals surface area (Å²) >= 11 is 0. The molecule has 2 heterocycles. The zero-order valence-corrected chi connectivity index (χ0v) is 19.6. The van der Waals surface area contributed by atoms with Crippen molar-refractivity contribution in [1.82, 2.24) is 9.13 Å². The third kappa shape index (κ3) is 2.67.